The van der Waals surface area contributed by atoms with Gasteiger partial charge in [-0.3, -0.25) is 0 Å². The molecule has 24 heavy (non-hydrogen) atoms. The molecule has 0 spiro atoms. The van der Waals surface area contributed by atoms with E-state index in [0.29, 0.717) is 16.3 Å². The lowest BCUT2D eigenvalue weighted by Crippen LogP contribution is -1.91. The molecule has 7 heteroatoms. The average molecular weight is 340 g/mol. The van der Waals surface area contributed by atoms with Crippen LogP contribution in [0.1, 0.15) is 10.6 Å². The number of aromatic nitrogens is 4. The number of fused-ring (bicyclic) bond motifs is 1. The smallest absolute Gasteiger partial charge is 0.207 e. The Hall–Kier alpha value is -2.93. The molecule has 0 bridgehead atoms. The first-order valence-electron chi connectivity index (χ1n) is 7.11. The zero-order valence-corrected chi connectivity index (χ0v) is 13.0. The van der Waals surface area contributed by atoms with E-state index in [1.54, 1.807) is 28.8 Å². The Labute approximate surface area is 139 Å². The van der Waals surface area contributed by atoms with Crippen LogP contribution in [-0.4, -0.2) is 19.8 Å². The van der Waals surface area contributed by atoms with Crippen LogP contribution in [0.5, 0.6) is 0 Å². The molecule has 0 radical (unpaired) electrons. The van der Waals surface area contributed by atoms with Crippen molar-refractivity contribution >= 4 is 28.4 Å². The standard InChI is InChI=1S/C17H10F2N4S/c18-13-7-4-11(5-8-13)6-9-15-22-23-16(20-21-17(23)24-15)12-2-1-3-14(19)10-12/h1-10H/b9-6+. The highest BCUT2D eigenvalue weighted by Gasteiger charge is 2.12. The van der Waals surface area contributed by atoms with Crippen molar-refractivity contribution in [3.05, 3.63) is 70.7 Å². The van der Waals surface area contributed by atoms with Crippen LogP contribution in [0, 0.1) is 11.6 Å². The van der Waals surface area contributed by atoms with Gasteiger partial charge in [0.1, 0.15) is 16.6 Å². The van der Waals surface area contributed by atoms with Crippen LogP contribution in [0.4, 0.5) is 8.78 Å². The molecule has 4 aromatic rings. The Morgan fingerprint density at radius 2 is 1.75 bits per heavy atom. The number of hydrogen-bond donors (Lipinski definition) is 0. The third-order valence-corrected chi connectivity index (χ3v) is 4.24. The largest absolute Gasteiger partial charge is 0.235 e. The lowest BCUT2D eigenvalue weighted by Gasteiger charge is -1.96. The van der Waals surface area contributed by atoms with Crippen LogP contribution in [0.25, 0.3) is 28.5 Å². The predicted molar refractivity (Wildman–Crippen MR) is 89.4 cm³/mol. The number of nitrogens with zero attached hydrogens (tertiary/aromatic N) is 4. The molecular weight excluding hydrogens is 330 g/mol. The Balaban J connectivity index is 1.68. The highest BCUT2D eigenvalue weighted by Crippen LogP contribution is 2.23. The minimum absolute atomic E-state index is 0.273. The zero-order valence-electron chi connectivity index (χ0n) is 12.2. The van der Waals surface area contributed by atoms with Crippen LogP contribution in [0.3, 0.4) is 0 Å². The van der Waals surface area contributed by atoms with E-state index in [-0.39, 0.29) is 11.6 Å². The van der Waals surface area contributed by atoms with E-state index in [1.165, 1.54) is 35.6 Å². The molecule has 0 aliphatic rings. The first kappa shape index (κ1) is 14.6. The predicted octanol–water partition coefficient (Wildman–Crippen LogP) is 4.30. The summed E-state index contributed by atoms with van der Waals surface area (Å²) >= 11 is 1.36. The maximum atomic E-state index is 13.4. The molecule has 0 N–H and O–H groups in total. The third-order valence-electron chi connectivity index (χ3n) is 3.38. The van der Waals surface area contributed by atoms with E-state index in [4.69, 9.17) is 0 Å². The van der Waals surface area contributed by atoms with Gasteiger partial charge in [0.2, 0.25) is 4.96 Å². The second kappa shape index (κ2) is 5.93. The third kappa shape index (κ3) is 2.81. The van der Waals surface area contributed by atoms with Crippen LogP contribution in [-0.2, 0) is 0 Å². The van der Waals surface area contributed by atoms with Gasteiger partial charge in [-0.1, -0.05) is 41.7 Å². The van der Waals surface area contributed by atoms with Crippen LogP contribution >= 0.6 is 11.3 Å². The van der Waals surface area contributed by atoms with Crippen molar-refractivity contribution in [3.63, 3.8) is 0 Å². The molecule has 2 heterocycles. The molecule has 0 amide bonds. The number of hydrogen-bond acceptors (Lipinski definition) is 4. The number of benzene rings is 2. The normalized spacial score (nSPS) is 11.6. The van der Waals surface area contributed by atoms with E-state index in [0.717, 1.165) is 10.6 Å². The van der Waals surface area contributed by atoms with Gasteiger partial charge in [0.25, 0.3) is 0 Å². The molecule has 0 atom stereocenters. The van der Waals surface area contributed by atoms with Crippen molar-refractivity contribution in [1.82, 2.24) is 19.8 Å². The van der Waals surface area contributed by atoms with Gasteiger partial charge in [-0.25, -0.2) is 8.78 Å². The molecule has 0 fully saturated rings. The van der Waals surface area contributed by atoms with Gasteiger partial charge in [-0.15, -0.1) is 10.2 Å². The molecule has 0 unspecified atom stereocenters. The van der Waals surface area contributed by atoms with E-state index in [1.807, 2.05) is 12.2 Å². The summed E-state index contributed by atoms with van der Waals surface area (Å²) in [5.41, 5.74) is 1.48. The second-order valence-corrected chi connectivity index (χ2v) is 6.04. The Morgan fingerprint density at radius 1 is 0.917 bits per heavy atom. The summed E-state index contributed by atoms with van der Waals surface area (Å²) < 4.78 is 27.9. The zero-order chi connectivity index (χ0) is 16.5. The lowest BCUT2D eigenvalue weighted by molar-refractivity contribution is 0.627. The molecule has 0 saturated heterocycles. The molecular formula is C17H10F2N4S. The first-order valence-corrected chi connectivity index (χ1v) is 7.92. The fraction of sp³-hybridized carbons (Fsp3) is 0. The minimum Gasteiger partial charge on any atom is -0.207 e. The van der Waals surface area contributed by atoms with Gasteiger partial charge < -0.3 is 0 Å². The van der Waals surface area contributed by atoms with Gasteiger partial charge >= 0.3 is 0 Å². The maximum Gasteiger partial charge on any atom is 0.235 e. The SMILES string of the molecule is Fc1ccc(/C=C/c2nn3c(-c4cccc(F)c4)nnc3s2)cc1. The minimum atomic E-state index is -0.337. The summed E-state index contributed by atoms with van der Waals surface area (Å²) in [6, 6.07) is 12.3. The van der Waals surface area contributed by atoms with E-state index < -0.39 is 0 Å². The van der Waals surface area contributed by atoms with Gasteiger partial charge in [-0.2, -0.15) is 9.61 Å². The topological polar surface area (TPSA) is 43.1 Å². The van der Waals surface area contributed by atoms with E-state index in [9.17, 15) is 8.78 Å². The molecule has 0 aliphatic heterocycles. The summed E-state index contributed by atoms with van der Waals surface area (Å²) in [4.78, 5) is 0.619. The van der Waals surface area contributed by atoms with Crippen LogP contribution in [0.15, 0.2) is 48.5 Å². The maximum absolute atomic E-state index is 13.4. The van der Waals surface area contributed by atoms with Crippen LogP contribution < -0.4 is 0 Å². The summed E-state index contributed by atoms with van der Waals surface area (Å²) in [6.07, 6.45) is 3.66. The van der Waals surface area contributed by atoms with Crippen molar-refractivity contribution in [2.24, 2.45) is 0 Å². The van der Waals surface area contributed by atoms with Gasteiger partial charge in [0.05, 0.1) is 0 Å². The van der Waals surface area contributed by atoms with Crippen molar-refractivity contribution < 1.29 is 8.78 Å². The van der Waals surface area contributed by atoms with Crippen molar-refractivity contribution in [2.45, 2.75) is 0 Å². The van der Waals surface area contributed by atoms with Gasteiger partial charge in [-0.05, 0) is 35.9 Å². The van der Waals surface area contributed by atoms with E-state index >= 15 is 0 Å². The van der Waals surface area contributed by atoms with Crippen molar-refractivity contribution in [3.8, 4) is 11.4 Å². The first-order chi connectivity index (χ1) is 11.7. The highest BCUT2D eigenvalue weighted by atomic mass is 32.1. The highest BCUT2D eigenvalue weighted by molar-refractivity contribution is 7.17. The molecule has 2 aromatic carbocycles. The van der Waals surface area contributed by atoms with Gasteiger partial charge in [0, 0.05) is 5.56 Å². The summed E-state index contributed by atoms with van der Waals surface area (Å²) in [5, 5.41) is 13.3. The average Bonchev–Trinajstić information content (AvgIpc) is 3.14. The monoisotopic (exact) mass is 340 g/mol. The number of halogens is 2. The Morgan fingerprint density at radius 3 is 2.54 bits per heavy atom. The molecule has 118 valence electrons. The summed E-state index contributed by atoms with van der Waals surface area (Å²) in [5.74, 6) is -0.122. The molecule has 4 rings (SSSR count). The fourth-order valence-corrected chi connectivity index (χ4v) is 2.99. The Bertz CT molecular complexity index is 1030. The second-order valence-electron chi connectivity index (χ2n) is 5.05. The summed E-state index contributed by atoms with van der Waals surface area (Å²) in [6.45, 7) is 0. The molecule has 0 saturated carbocycles. The van der Waals surface area contributed by atoms with E-state index in [2.05, 4.69) is 15.3 Å². The quantitative estimate of drug-likeness (QED) is 0.558. The number of rotatable bonds is 3. The summed E-state index contributed by atoms with van der Waals surface area (Å²) in [7, 11) is 0. The molecule has 0 aliphatic carbocycles. The van der Waals surface area contributed by atoms with Gasteiger partial charge in [0.15, 0.2) is 5.82 Å². The molecule has 2 aromatic heterocycles. The molecule has 4 nitrogen and oxygen atoms in total. The van der Waals surface area contributed by atoms with Crippen LogP contribution in [0.2, 0.25) is 0 Å². The Kier molecular flexibility index (Phi) is 3.62. The fourth-order valence-electron chi connectivity index (χ4n) is 2.25. The lowest BCUT2D eigenvalue weighted by atomic mass is 10.2. The van der Waals surface area contributed by atoms with Crippen molar-refractivity contribution in [2.75, 3.05) is 0 Å². The van der Waals surface area contributed by atoms with Crippen molar-refractivity contribution in [1.29, 1.82) is 0 Å².